The number of carbonyl (C=O) groups excluding carboxylic acids is 4. The third-order valence-corrected chi connectivity index (χ3v) is 5.37. The first-order valence-corrected chi connectivity index (χ1v) is 10.3. The van der Waals surface area contributed by atoms with Gasteiger partial charge in [-0.2, -0.15) is 0 Å². The second kappa shape index (κ2) is 9.27. The van der Waals surface area contributed by atoms with Crippen molar-refractivity contribution in [1.82, 2.24) is 0 Å². The number of ether oxygens (including phenoxy) is 2. The zero-order chi connectivity index (χ0) is 22.7. The first kappa shape index (κ1) is 22.4. The second-order valence-corrected chi connectivity index (χ2v) is 7.58. The van der Waals surface area contributed by atoms with Gasteiger partial charge in [0.1, 0.15) is 5.82 Å². The van der Waals surface area contributed by atoms with Crippen molar-refractivity contribution in [2.75, 3.05) is 11.5 Å². The molecule has 1 aliphatic rings. The number of hydrogen-bond acceptors (Lipinski definition) is 7. The van der Waals surface area contributed by atoms with Crippen molar-refractivity contribution < 1.29 is 33.0 Å². The number of imide groups is 1. The number of anilines is 1. The molecule has 8 nitrogen and oxygen atoms in total. The molecule has 2 heterocycles. The van der Waals surface area contributed by atoms with E-state index >= 15 is 0 Å². The van der Waals surface area contributed by atoms with Crippen LogP contribution in [0.25, 0.3) is 11.3 Å². The number of nitrogens with two attached hydrogens (primary N) is 1. The third-order valence-electron chi connectivity index (χ3n) is 4.21. The van der Waals surface area contributed by atoms with Crippen LogP contribution in [-0.4, -0.2) is 30.5 Å². The molecule has 0 saturated heterocycles. The Labute approximate surface area is 185 Å². The van der Waals surface area contributed by atoms with Gasteiger partial charge in [-0.3, -0.25) is 14.4 Å². The molecule has 0 aliphatic carbocycles. The summed E-state index contributed by atoms with van der Waals surface area (Å²) in [6.45, 7) is 1.80. The van der Waals surface area contributed by atoms with E-state index in [2.05, 4.69) is 0 Å². The summed E-state index contributed by atoms with van der Waals surface area (Å²) in [5.41, 5.74) is 5.07. The van der Waals surface area contributed by atoms with Gasteiger partial charge in [0.15, 0.2) is 5.76 Å². The Hall–Kier alpha value is -3.24. The normalized spacial score (nSPS) is 14.3. The van der Waals surface area contributed by atoms with Crippen LogP contribution in [0.4, 0.5) is 14.9 Å². The molecule has 0 saturated carbocycles. The minimum atomic E-state index is -1.11. The molecule has 0 bridgehead atoms. The number of carbonyl (C=O) groups is 4. The fraction of sp³-hybridized carbons (Fsp3) is 0.200. The van der Waals surface area contributed by atoms with Gasteiger partial charge in [0.05, 0.1) is 40.6 Å². The van der Waals surface area contributed by atoms with Crippen molar-refractivity contribution in [2.24, 2.45) is 5.73 Å². The van der Waals surface area contributed by atoms with Gasteiger partial charge in [-0.1, -0.05) is 17.7 Å². The molecule has 0 radical (unpaired) electrons. The van der Waals surface area contributed by atoms with Crippen LogP contribution in [0.2, 0.25) is 5.02 Å². The Morgan fingerprint density at radius 3 is 2.55 bits per heavy atom. The van der Waals surface area contributed by atoms with E-state index in [1.807, 2.05) is 0 Å². The van der Waals surface area contributed by atoms with E-state index in [-0.39, 0.29) is 47.1 Å². The number of fused-ring (bicyclic) bond motifs is 1. The quantitative estimate of drug-likeness (QED) is 0.394. The van der Waals surface area contributed by atoms with E-state index in [9.17, 15) is 23.6 Å². The van der Waals surface area contributed by atoms with E-state index in [0.29, 0.717) is 9.78 Å². The molecular formula is C20H16ClFN2O6S. The number of primary amides is 1. The fourth-order valence-electron chi connectivity index (χ4n) is 2.93. The van der Waals surface area contributed by atoms with Crippen LogP contribution in [0.3, 0.4) is 0 Å². The monoisotopic (exact) mass is 466 g/mol. The lowest BCUT2D eigenvalue weighted by Gasteiger charge is -2.12. The van der Waals surface area contributed by atoms with E-state index in [0.717, 1.165) is 23.5 Å². The molecule has 2 N–H and O–H groups in total. The highest BCUT2D eigenvalue weighted by Gasteiger charge is 2.40. The summed E-state index contributed by atoms with van der Waals surface area (Å²) >= 11 is 6.96. The maximum atomic E-state index is 14.2. The maximum Gasteiger partial charge on any atom is 0.326 e. The number of thiophene rings is 1. The molecule has 31 heavy (non-hydrogen) atoms. The van der Waals surface area contributed by atoms with E-state index in [1.54, 1.807) is 24.4 Å². The van der Waals surface area contributed by atoms with Crippen molar-refractivity contribution in [3.05, 3.63) is 50.9 Å². The molecule has 3 rings (SSSR count). The van der Waals surface area contributed by atoms with Gasteiger partial charge in [0.2, 0.25) is 0 Å². The van der Waals surface area contributed by atoms with Crippen molar-refractivity contribution >= 4 is 63.8 Å². The number of nitrogens with zero attached hydrogens (tertiary/aromatic N) is 1. The largest absolute Gasteiger partial charge is 0.466 e. The lowest BCUT2D eigenvalue weighted by atomic mass is 10.0. The Morgan fingerprint density at radius 2 is 1.94 bits per heavy atom. The Bertz CT molecular complexity index is 1100. The van der Waals surface area contributed by atoms with Gasteiger partial charge < -0.3 is 15.2 Å². The Balaban J connectivity index is 2.08. The summed E-state index contributed by atoms with van der Waals surface area (Å²) < 4.78 is 24.4. The molecular weight excluding hydrogens is 451 g/mol. The summed E-state index contributed by atoms with van der Waals surface area (Å²) in [5.74, 6) is -3.31. The Morgan fingerprint density at radius 1 is 1.23 bits per heavy atom. The molecule has 0 unspecified atom stereocenters. The van der Waals surface area contributed by atoms with Crippen molar-refractivity contribution in [2.45, 2.75) is 19.8 Å². The summed E-state index contributed by atoms with van der Waals surface area (Å²) in [6.07, 6.45) is -0.529. The van der Waals surface area contributed by atoms with Gasteiger partial charge in [-0.25, -0.2) is 14.1 Å². The van der Waals surface area contributed by atoms with Crippen LogP contribution in [0.15, 0.2) is 29.6 Å². The SMILES string of the molecule is CCOC(=O)CCC(=O)OC(=C1C(=O)N(C(N)=O)c2cc(Cl)c(F)cc21)c1cccs1. The first-order chi connectivity index (χ1) is 14.7. The molecule has 162 valence electrons. The standard InChI is InChI=1S/C20H16ClFN2O6S/c1-2-29-15(25)5-6-16(26)30-18(14-4-3-7-31-14)17-10-8-12(22)11(21)9-13(10)24(19(17)27)20(23)28/h3-4,7-9H,2,5-6H2,1H3,(H2,23,28). The highest BCUT2D eigenvalue weighted by Crippen LogP contribution is 2.44. The lowest BCUT2D eigenvalue weighted by Crippen LogP contribution is -2.38. The van der Waals surface area contributed by atoms with Crippen LogP contribution in [-0.2, 0) is 23.9 Å². The van der Waals surface area contributed by atoms with Crippen LogP contribution in [0, 0.1) is 5.82 Å². The molecule has 0 spiro atoms. The highest BCUT2D eigenvalue weighted by molar-refractivity contribution is 7.11. The lowest BCUT2D eigenvalue weighted by molar-refractivity contribution is -0.147. The van der Waals surface area contributed by atoms with E-state index in [4.69, 9.17) is 26.8 Å². The summed E-state index contributed by atoms with van der Waals surface area (Å²) in [6, 6.07) is 4.19. The molecule has 3 amide bonds. The number of halogens is 2. The number of amides is 3. The predicted octanol–water partition coefficient (Wildman–Crippen LogP) is 3.72. The number of rotatable bonds is 6. The van der Waals surface area contributed by atoms with Crippen LogP contribution in [0.5, 0.6) is 0 Å². The van der Waals surface area contributed by atoms with Gasteiger partial charge in [-0.15, -0.1) is 11.3 Å². The van der Waals surface area contributed by atoms with Crippen LogP contribution in [0.1, 0.15) is 30.2 Å². The molecule has 1 aromatic carbocycles. The Kier molecular flexibility index (Phi) is 6.71. The smallest absolute Gasteiger partial charge is 0.326 e. The van der Waals surface area contributed by atoms with Gasteiger partial charge >= 0.3 is 18.0 Å². The van der Waals surface area contributed by atoms with Gasteiger partial charge in [-0.05, 0) is 30.5 Å². The number of urea groups is 1. The van der Waals surface area contributed by atoms with Gasteiger partial charge in [0.25, 0.3) is 5.91 Å². The highest BCUT2D eigenvalue weighted by atomic mass is 35.5. The molecule has 1 aliphatic heterocycles. The maximum absolute atomic E-state index is 14.2. The fourth-order valence-corrected chi connectivity index (χ4v) is 3.80. The molecule has 11 heteroatoms. The summed E-state index contributed by atoms with van der Waals surface area (Å²) in [4.78, 5) is 49.8. The number of benzene rings is 1. The molecule has 1 aromatic heterocycles. The summed E-state index contributed by atoms with van der Waals surface area (Å²) in [5, 5.41) is 1.36. The molecule has 0 fully saturated rings. The topological polar surface area (TPSA) is 116 Å². The number of hydrogen-bond donors (Lipinski definition) is 1. The van der Waals surface area contributed by atoms with E-state index in [1.165, 1.54) is 0 Å². The van der Waals surface area contributed by atoms with Crippen LogP contribution < -0.4 is 10.6 Å². The molecule has 0 atom stereocenters. The minimum Gasteiger partial charge on any atom is -0.466 e. The zero-order valence-corrected chi connectivity index (χ0v) is 17.7. The average Bonchev–Trinajstić information content (AvgIpc) is 3.32. The number of esters is 2. The molecule has 2 aromatic rings. The third kappa shape index (κ3) is 4.59. The predicted molar refractivity (Wildman–Crippen MR) is 112 cm³/mol. The van der Waals surface area contributed by atoms with E-state index < -0.39 is 29.7 Å². The van der Waals surface area contributed by atoms with Crippen molar-refractivity contribution in [3.63, 3.8) is 0 Å². The first-order valence-electron chi connectivity index (χ1n) is 9.02. The van der Waals surface area contributed by atoms with Crippen LogP contribution >= 0.6 is 22.9 Å². The average molecular weight is 467 g/mol. The second-order valence-electron chi connectivity index (χ2n) is 6.22. The van der Waals surface area contributed by atoms with Crippen molar-refractivity contribution in [3.8, 4) is 0 Å². The summed E-state index contributed by atoms with van der Waals surface area (Å²) in [7, 11) is 0. The van der Waals surface area contributed by atoms with Crippen molar-refractivity contribution in [1.29, 1.82) is 0 Å². The zero-order valence-electron chi connectivity index (χ0n) is 16.1. The minimum absolute atomic E-state index is 0.00714. The van der Waals surface area contributed by atoms with Gasteiger partial charge in [0, 0.05) is 5.56 Å².